The zero-order valence-electron chi connectivity index (χ0n) is 30.2. The van der Waals surface area contributed by atoms with Gasteiger partial charge < -0.3 is 31.5 Å². The molecular formula is C37H54N6O6. The summed E-state index contributed by atoms with van der Waals surface area (Å²) in [6.45, 7) is 16.8. The van der Waals surface area contributed by atoms with Crippen molar-refractivity contribution < 1.29 is 28.8 Å². The molecule has 268 valence electrons. The number of nitrogens with one attached hydrogen (secondary N) is 3. The van der Waals surface area contributed by atoms with Crippen molar-refractivity contribution in [3.63, 3.8) is 0 Å². The minimum Gasteiger partial charge on any atom is -0.363 e. The Morgan fingerprint density at radius 2 is 1.59 bits per heavy atom. The Kier molecular flexibility index (Phi) is 9.93. The molecule has 12 heteroatoms. The number of carbonyl (C=O) groups is 6. The number of carbonyl (C=O) groups excluding carboxylic acids is 6. The highest BCUT2D eigenvalue weighted by Crippen LogP contribution is 2.59. The number of piperidine rings is 1. The predicted molar refractivity (Wildman–Crippen MR) is 184 cm³/mol. The Bertz CT molecular complexity index is 1510. The van der Waals surface area contributed by atoms with E-state index in [0.717, 1.165) is 18.4 Å². The van der Waals surface area contributed by atoms with E-state index in [0.29, 0.717) is 37.5 Å². The quantitative estimate of drug-likeness (QED) is 0.248. The van der Waals surface area contributed by atoms with Gasteiger partial charge in [0.25, 0.3) is 11.8 Å². The maximum absolute atomic E-state index is 14.4. The highest BCUT2D eigenvalue weighted by Gasteiger charge is 2.65. The molecule has 2 saturated carbocycles. The van der Waals surface area contributed by atoms with Crippen molar-refractivity contribution in [3.8, 4) is 0 Å². The molecule has 7 atom stereocenters. The first kappa shape index (κ1) is 36.3. The van der Waals surface area contributed by atoms with Gasteiger partial charge in [0.2, 0.25) is 17.6 Å². The Morgan fingerprint density at radius 1 is 0.939 bits per heavy atom. The number of nitrogens with zero attached hydrogens (tertiary/aromatic N) is 2. The van der Waals surface area contributed by atoms with Gasteiger partial charge in [0.05, 0.1) is 12.1 Å². The molecule has 2 heterocycles. The molecule has 1 aromatic rings. The Hall–Kier alpha value is -3.96. The lowest BCUT2D eigenvalue weighted by Crippen LogP contribution is -2.62. The summed E-state index contributed by atoms with van der Waals surface area (Å²) in [6, 6.07) is 3.66. The third-order valence-corrected chi connectivity index (χ3v) is 10.9. The topological polar surface area (TPSA) is 171 Å². The SMILES string of the molecule is CC(C)C1C2CN(C(=O)[C@@H](NC(=O)N[C@H](CN3Cc4ccccc4C3=O)C(C)(C)C)C(C)(C)C)[C@H](C(=O)NC(CC3CC3)C(=O)C(N)=O)[C@H]21. The number of urea groups is 1. The standard InChI is InChI=1S/C37H54N6O6/c1-19(2)26-23-17-43(28(27(23)26)32(46)39-24(15-20-13-14-20)29(44)31(38)45)34(48)30(37(6,7)8)41-35(49)40-25(36(3,4)5)18-42-16-21-11-9-10-12-22(21)33(42)47/h9-12,19-20,23-28,30H,13-18H2,1-8H3,(H2,38,45)(H,39,46)(H2,40,41,49)/t23?,24?,25-,26?,27-,28+,30-/m1/s1. The molecule has 12 nitrogen and oxygen atoms in total. The molecule has 0 radical (unpaired) electrons. The zero-order valence-corrected chi connectivity index (χ0v) is 30.2. The maximum Gasteiger partial charge on any atom is 0.315 e. The maximum atomic E-state index is 14.4. The fourth-order valence-electron chi connectivity index (χ4n) is 7.86. The van der Waals surface area contributed by atoms with Crippen molar-refractivity contribution in [2.45, 2.75) is 105 Å². The summed E-state index contributed by atoms with van der Waals surface area (Å²) in [5.74, 6) is -2.03. The molecule has 0 aromatic heterocycles. The molecular weight excluding hydrogens is 624 g/mol. The second-order valence-electron chi connectivity index (χ2n) is 17.1. The highest BCUT2D eigenvalue weighted by atomic mass is 16.2. The molecule has 49 heavy (non-hydrogen) atoms. The van der Waals surface area contributed by atoms with E-state index in [1.807, 2.05) is 65.8 Å². The third kappa shape index (κ3) is 7.78. The fourth-order valence-corrected chi connectivity index (χ4v) is 7.86. The number of nitrogens with two attached hydrogens (primary N) is 1. The first-order chi connectivity index (χ1) is 22.8. The molecule has 1 aromatic carbocycles. The molecule has 5 rings (SSSR count). The fraction of sp³-hybridized carbons (Fsp3) is 0.676. The van der Waals surface area contributed by atoms with E-state index in [4.69, 9.17) is 5.73 Å². The normalized spacial score (nSPS) is 24.9. The number of hydrogen-bond donors (Lipinski definition) is 4. The van der Waals surface area contributed by atoms with Crippen LogP contribution < -0.4 is 21.7 Å². The number of hydrogen-bond acceptors (Lipinski definition) is 6. The summed E-state index contributed by atoms with van der Waals surface area (Å²) in [5.41, 5.74) is 5.80. The third-order valence-electron chi connectivity index (χ3n) is 10.9. The van der Waals surface area contributed by atoms with Crippen LogP contribution in [0.4, 0.5) is 4.79 Å². The number of amides is 6. The van der Waals surface area contributed by atoms with Crippen LogP contribution >= 0.6 is 0 Å². The zero-order chi connectivity index (χ0) is 36.2. The predicted octanol–water partition coefficient (Wildman–Crippen LogP) is 2.84. The Balaban J connectivity index is 1.32. The average Bonchev–Trinajstić information content (AvgIpc) is 3.90. The number of fused-ring (bicyclic) bond motifs is 2. The second kappa shape index (κ2) is 13.4. The van der Waals surface area contributed by atoms with E-state index in [1.54, 1.807) is 9.80 Å². The van der Waals surface area contributed by atoms with Crippen LogP contribution in [0.2, 0.25) is 0 Å². The summed E-state index contributed by atoms with van der Waals surface area (Å²) in [4.78, 5) is 83.1. The summed E-state index contributed by atoms with van der Waals surface area (Å²) in [7, 11) is 0. The number of Topliss-reactive ketones (excluding diaryl/α,β-unsaturated/α-hetero) is 1. The van der Waals surface area contributed by atoms with Gasteiger partial charge in [-0.3, -0.25) is 24.0 Å². The molecule has 1 saturated heterocycles. The van der Waals surface area contributed by atoms with Crippen molar-refractivity contribution in [3.05, 3.63) is 35.4 Å². The van der Waals surface area contributed by atoms with Gasteiger partial charge in [0.15, 0.2) is 0 Å². The van der Waals surface area contributed by atoms with Crippen molar-refractivity contribution in [2.75, 3.05) is 13.1 Å². The lowest BCUT2D eigenvalue weighted by molar-refractivity contribution is -0.144. The smallest absolute Gasteiger partial charge is 0.315 e. The minimum atomic E-state index is -1.09. The van der Waals surface area contributed by atoms with Crippen LogP contribution in [-0.2, 0) is 25.7 Å². The van der Waals surface area contributed by atoms with Gasteiger partial charge in [-0.15, -0.1) is 0 Å². The van der Waals surface area contributed by atoms with E-state index in [2.05, 4.69) is 29.8 Å². The van der Waals surface area contributed by atoms with E-state index in [9.17, 15) is 28.8 Å². The molecule has 5 N–H and O–H groups in total. The van der Waals surface area contributed by atoms with E-state index in [-0.39, 0.29) is 35.5 Å². The largest absolute Gasteiger partial charge is 0.363 e. The van der Waals surface area contributed by atoms with Gasteiger partial charge >= 0.3 is 6.03 Å². The van der Waals surface area contributed by atoms with Crippen molar-refractivity contribution in [1.82, 2.24) is 25.8 Å². The molecule has 2 aliphatic heterocycles. The van der Waals surface area contributed by atoms with Gasteiger partial charge in [-0.2, -0.15) is 0 Å². The van der Waals surface area contributed by atoms with Crippen LogP contribution in [0.1, 0.15) is 90.6 Å². The van der Waals surface area contributed by atoms with Crippen LogP contribution in [0.15, 0.2) is 24.3 Å². The summed E-state index contributed by atoms with van der Waals surface area (Å²) >= 11 is 0. The monoisotopic (exact) mass is 678 g/mol. The first-order valence-electron chi connectivity index (χ1n) is 17.7. The lowest BCUT2D eigenvalue weighted by atomic mass is 9.85. The van der Waals surface area contributed by atoms with E-state index in [1.165, 1.54) is 0 Å². The molecule has 2 aliphatic carbocycles. The van der Waals surface area contributed by atoms with Crippen LogP contribution in [-0.4, -0.2) is 82.5 Å². The number of ketones is 1. The van der Waals surface area contributed by atoms with Crippen LogP contribution in [0.25, 0.3) is 0 Å². The number of likely N-dealkylation sites (tertiary alicyclic amines) is 1. The number of primary amides is 1. The second-order valence-corrected chi connectivity index (χ2v) is 17.1. The highest BCUT2D eigenvalue weighted by molar-refractivity contribution is 6.37. The first-order valence-corrected chi connectivity index (χ1v) is 17.7. The van der Waals surface area contributed by atoms with Crippen molar-refractivity contribution >= 4 is 35.4 Å². The average molecular weight is 679 g/mol. The Labute approximate surface area is 289 Å². The molecule has 0 spiro atoms. The molecule has 4 aliphatic rings. The molecule has 6 amide bonds. The molecule has 3 fully saturated rings. The Morgan fingerprint density at radius 3 is 2.14 bits per heavy atom. The summed E-state index contributed by atoms with van der Waals surface area (Å²) in [6.07, 6.45) is 2.18. The van der Waals surface area contributed by atoms with Crippen LogP contribution in [0, 0.1) is 40.4 Å². The summed E-state index contributed by atoms with van der Waals surface area (Å²) in [5, 5.41) is 8.78. The minimum absolute atomic E-state index is 0.0803. The number of benzene rings is 1. The van der Waals surface area contributed by atoms with Gasteiger partial charge in [0, 0.05) is 25.2 Å². The number of rotatable bonds is 12. The molecule has 0 bridgehead atoms. The van der Waals surface area contributed by atoms with Gasteiger partial charge in [-0.1, -0.05) is 86.4 Å². The van der Waals surface area contributed by atoms with Crippen molar-refractivity contribution in [1.29, 1.82) is 0 Å². The lowest BCUT2D eigenvalue weighted by Gasteiger charge is -2.39. The van der Waals surface area contributed by atoms with Gasteiger partial charge in [-0.25, -0.2) is 4.79 Å². The van der Waals surface area contributed by atoms with Crippen LogP contribution in [0.5, 0.6) is 0 Å². The van der Waals surface area contributed by atoms with E-state index < -0.39 is 58.6 Å². The van der Waals surface area contributed by atoms with Gasteiger partial charge in [-0.05, 0) is 58.5 Å². The van der Waals surface area contributed by atoms with Crippen LogP contribution in [0.3, 0.4) is 0 Å². The summed E-state index contributed by atoms with van der Waals surface area (Å²) < 4.78 is 0. The van der Waals surface area contributed by atoms with Gasteiger partial charge in [0.1, 0.15) is 12.1 Å². The van der Waals surface area contributed by atoms with E-state index >= 15 is 0 Å². The van der Waals surface area contributed by atoms with Crippen molar-refractivity contribution in [2.24, 2.45) is 46.2 Å². The molecule has 3 unspecified atom stereocenters.